The van der Waals surface area contributed by atoms with E-state index >= 15 is 0 Å². The molecular weight excluding hydrogens is 1530 g/mol. The molecule has 0 atom stereocenters. The van der Waals surface area contributed by atoms with Crippen molar-refractivity contribution in [3.05, 3.63) is 170 Å². The second kappa shape index (κ2) is 48.1. The Kier molecular flexibility index (Phi) is 40.5. The Bertz CT molecular complexity index is 4110. The zero-order valence-electron chi connectivity index (χ0n) is 62.0. The molecule has 2 aliphatic heterocycles. The van der Waals surface area contributed by atoms with E-state index in [1.54, 1.807) is 0 Å². The van der Waals surface area contributed by atoms with Gasteiger partial charge in [-0.05, 0) is 170 Å². The van der Waals surface area contributed by atoms with E-state index in [1.807, 2.05) is 24.8 Å². The minimum absolute atomic E-state index is 0. The number of halogens is 3. The van der Waals surface area contributed by atoms with Crippen molar-refractivity contribution in [3.8, 4) is 0 Å². The van der Waals surface area contributed by atoms with Crippen LogP contribution in [0.3, 0.4) is 0 Å². The van der Waals surface area contributed by atoms with Crippen molar-refractivity contribution < 1.29 is 97.0 Å². The molecule has 41 heteroatoms. The Morgan fingerprint density at radius 1 is 0.500 bits per heavy atom. The average Bonchev–Trinajstić information content (AvgIpc) is 0.777. The van der Waals surface area contributed by atoms with Gasteiger partial charge in [-0.2, -0.15) is 8.42 Å². The van der Waals surface area contributed by atoms with Crippen LogP contribution in [0.2, 0.25) is 0 Å². The van der Waals surface area contributed by atoms with Gasteiger partial charge in [0.05, 0.1) is 42.0 Å². The molecule has 0 bridgehead atoms. The number of hydrogen-bond donors (Lipinski definition) is 8. The van der Waals surface area contributed by atoms with Gasteiger partial charge in [-0.1, -0.05) is 0 Å². The maximum absolute atomic E-state index is 12.8. The van der Waals surface area contributed by atoms with Gasteiger partial charge in [0.1, 0.15) is 53.8 Å². The van der Waals surface area contributed by atoms with E-state index in [0.29, 0.717) is 67.7 Å². The number of carboxylic acids is 2. The van der Waals surface area contributed by atoms with Gasteiger partial charge in [-0.3, -0.25) is 38.7 Å². The minimum Gasteiger partial charge on any atom is -0.870 e. The third-order valence-electron chi connectivity index (χ3n) is 18.7. The fourth-order valence-corrected chi connectivity index (χ4v) is 11.8. The maximum atomic E-state index is 12.8. The Morgan fingerprint density at radius 2 is 0.812 bits per heavy atom. The van der Waals surface area contributed by atoms with Gasteiger partial charge in [-0.15, -0.1) is 0 Å². The van der Waals surface area contributed by atoms with E-state index < -0.39 is 59.5 Å². The molecule has 11 N–H and O–H groups in total. The predicted molar refractivity (Wildman–Crippen MR) is 406 cm³/mol. The SMILES string of the molecule is COC(=O)C1(N)CCC1.COC(=O)C1(NC(=O)c2cncnc2)CCC1.NCCC1CCN(c2ccncc2)CC1.O=C(Cl)c1cncnc1.O=C(NC1(C(=O)NCCC2CCN(c3ccncc3)CC2)CCC1)c1cncnc1.O=C(NC1(C(=O)O)CCC1)c1cncnc1.O=C(O)c1cncnc1.O=S(=O)(Cl)Cl.[2HH].[Li+].[OH-]. The zero-order chi connectivity index (χ0) is 80.0. The molecule has 36 nitrogen and oxygen atoms in total. The molecule has 6 fully saturated rings. The van der Waals surface area contributed by atoms with Crippen LogP contribution in [-0.2, 0) is 36.9 Å². The summed E-state index contributed by atoms with van der Waals surface area (Å²) in [5, 5.41) is 28.0. The van der Waals surface area contributed by atoms with Crippen LogP contribution in [0.4, 0.5) is 11.4 Å². The standard InChI is InChI=1S/C22H28N6O2.C12H19N3.C11H13N3O3.C10H11N3O3.C6H11NO2.C5H3ClN2O.C5H4N2O2.Cl2O2S.Li.H2O.H2/c29-20(18-14-24-16-25-15-18)27-22(7-1-8-22)21(30)26-11-2-17-5-12-28(13-6-17)19-3-9-23-10-4-19;13-6-1-11-4-9-15(10-5-11)12-2-7-14-8-3-12;1-17-10(16)11(3-2-4-11)14-9(15)8-5-12-7-13-6-8;14-8(7-4-11-6-12-5-7)13-10(9(15)16)2-1-3-10;1-9-5(8)6(7)3-2-4-6;6-5(9)4-1-7-3-8-2-4;8-5(9)4-1-6-3-7-2-4;1-5(2,3)4;;;/h3-4,9-10,14-17H,1-2,5-8,11-13H2,(H,26,30)(H,27,29);2-3,7-8,11H,1,4-6,9-10,13H2;5-7H,2-4H2,1H3,(H,14,15);4-6H,1-3H2,(H,13,14)(H,15,16);2-4,7H2,1H3;1-3H;1-3H,(H,8,9);;;1H2;1H/q;;;;;;;;+1;;/p-1/i;;;;;;;;;;1+1. The molecule has 4 aliphatic carbocycles. The number of methoxy groups -OCH3 is 2. The Labute approximate surface area is 674 Å². The molecule has 0 spiro atoms. The van der Waals surface area contributed by atoms with E-state index in [2.05, 4.69) is 141 Å². The number of rotatable bonds is 19. The summed E-state index contributed by atoms with van der Waals surface area (Å²) < 4.78 is 27.5. The van der Waals surface area contributed by atoms with Crippen molar-refractivity contribution in [2.45, 2.75) is 138 Å². The topological polar surface area (TPSA) is 538 Å². The number of carboxylic acid groups (broad SMARTS) is 2. The van der Waals surface area contributed by atoms with Gasteiger partial charge in [-0.25, -0.2) is 64.2 Å². The molecule has 600 valence electrons. The van der Waals surface area contributed by atoms with Crippen molar-refractivity contribution >= 4 is 105 Å². The molecule has 112 heavy (non-hydrogen) atoms. The van der Waals surface area contributed by atoms with Crippen molar-refractivity contribution in [1.29, 1.82) is 0 Å². The van der Waals surface area contributed by atoms with Gasteiger partial charge in [0, 0.05) is 154 Å². The van der Waals surface area contributed by atoms with Gasteiger partial charge >= 0.3 is 51.0 Å². The largest absolute Gasteiger partial charge is 1.00 e. The van der Waals surface area contributed by atoms with E-state index in [1.165, 1.54) is 138 Å². The summed E-state index contributed by atoms with van der Waals surface area (Å²) in [4.78, 5) is 153. The first kappa shape index (κ1) is 94.4. The fourth-order valence-electron chi connectivity index (χ4n) is 11.7. The summed E-state index contributed by atoms with van der Waals surface area (Å²) in [6.07, 6.45) is 43.4. The van der Waals surface area contributed by atoms with Crippen molar-refractivity contribution in [1.82, 2.24) is 81.1 Å². The average molecular weight is 1630 g/mol. The Balaban J connectivity index is 0.000000351. The quantitative estimate of drug-likeness (QED) is 0.0328. The summed E-state index contributed by atoms with van der Waals surface area (Å²) in [7, 11) is 7.50. The third kappa shape index (κ3) is 30.9. The molecule has 7 aromatic heterocycles. The molecule has 0 aromatic carbocycles. The van der Waals surface area contributed by atoms with Gasteiger partial charge < -0.3 is 67.7 Å². The second-order valence-electron chi connectivity index (χ2n) is 26.0. The van der Waals surface area contributed by atoms with Crippen molar-refractivity contribution in [2.24, 2.45) is 23.3 Å². The van der Waals surface area contributed by atoms with Crippen LogP contribution in [0, 0.1) is 11.8 Å². The predicted octanol–water partition coefficient (Wildman–Crippen LogP) is 2.96. The van der Waals surface area contributed by atoms with Crippen molar-refractivity contribution in [2.75, 3.05) is 63.3 Å². The second-order valence-corrected chi connectivity index (χ2v) is 30.0. The number of ether oxygens (including phenoxy) is 2. The molecule has 4 amide bonds. The molecule has 13 rings (SSSR count). The summed E-state index contributed by atoms with van der Waals surface area (Å²) in [6.45, 7) is 5.86. The number of nitrogens with zero attached hydrogens (tertiary/aromatic N) is 14. The first-order valence-electron chi connectivity index (χ1n) is 35.0. The Hall–Kier alpha value is -9.97. The molecule has 4 saturated carbocycles. The number of nitrogens with one attached hydrogen (secondary N) is 4. The van der Waals surface area contributed by atoms with Crippen LogP contribution >= 0.6 is 33.0 Å². The first-order chi connectivity index (χ1) is 52.7. The molecule has 0 unspecified atom stereocenters. The van der Waals surface area contributed by atoms with Crippen LogP contribution in [0.15, 0.2) is 143 Å². The number of aliphatic carboxylic acids is 1. The number of anilines is 2. The number of piperidine rings is 2. The molecule has 9 heterocycles. The molecule has 0 radical (unpaired) electrons. The van der Waals surface area contributed by atoms with E-state index in [-0.39, 0.29) is 60.6 Å². The number of pyridine rings is 2. The maximum Gasteiger partial charge on any atom is 1.00 e. The Morgan fingerprint density at radius 3 is 1.07 bits per heavy atom. The van der Waals surface area contributed by atoms with E-state index in [9.17, 15) is 43.2 Å². The number of hydrogen-bond acceptors (Lipinski definition) is 30. The number of aromatic nitrogens is 12. The number of amides is 4. The number of carbonyl (C=O) groups excluding carboxylic acids is 7. The molecular formula is C71H92Cl3LiN20O16S. The number of aromatic carboxylic acids is 1. The number of carbonyl (C=O) groups is 9. The third-order valence-corrected chi connectivity index (χ3v) is 18.9. The number of nitrogens with two attached hydrogens (primary N) is 2. The van der Waals surface area contributed by atoms with Gasteiger partial charge in [0.15, 0.2) is 0 Å². The molecule has 6 aliphatic rings. The van der Waals surface area contributed by atoms with E-state index in [0.717, 1.165) is 96.4 Å². The fraction of sp³-hybridized carbons (Fsp3) is 0.451. The van der Waals surface area contributed by atoms with Crippen LogP contribution in [0.5, 0.6) is 0 Å². The van der Waals surface area contributed by atoms with Crippen molar-refractivity contribution in [3.63, 3.8) is 0 Å². The molecule has 7 aromatic rings. The smallest absolute Gasteiger partial charge is 0.870 e. The summed E-state index contributed by atoms with van der Waals surface area (Å²) >= 11 is 5.08. The zero-order valence-corrected chi connectivity index (χ0v) is 65.1. The summed E-state index contributed by atoms with van der Waals surface area (Å²) in [6, 6.07) is 8.27. The monoisotopic (exact) mass is 1630 g/mol. The minimum atomic E-state index is -3.72. The first-order valence-corrected chi connectivity index (χ1v) is 38.5. The number of esters is 2. The van der Waals surface area contributed by atoms with Gasteiger partial charge in [0.2, 0.25) is 5.91 Å². The molecule has 2 saturated heterocycles. The van der Waals surface area contributed by atoms with Crippen LogP contribution in [-0.4, -0.2) is 212 Å². The summed E-state index contributed by atoms with van der Waals surface area (Å²) in [5.74, 6) is -2.37. The van der Waals surface area contributed by atoms with E-state index in [4.69, 9.17) is 46.4 Å². The van der Waals surface area contributed by atoms with Crippen LogP contribution in [0.25, 0.3) is 0 Å². The van der Waals surface area contributed by atoms with Gasteiger partial charge in [0.25, 0.3) is 23.0 Å². The normalized spacial score (nSPS) is 16.1. The van der Waals surface area contributed by atoms with Crippen LogP contribution < -0.4 is 61.4 Å². The van der Waals surface area contributed by atoms with Crippen LogP contribution in [0.1, 0.15) is 169 Å². The summed E-state index contributed by atoms with van der Waals surface area (Å²) in [5.41, 5.74) is 11.7.